The van der Waals surface area contributed by atoms with E-state index in [9.17, 15) is 13.2 Å². The molecule has 0 saturated heterocycles. The van der Waals surface area contributed by atoms with Crippen LogP contribution in [0.5, 0.6) is 0 Å². The molecule has 1 rings (SSSR count). The Hall–Kier alpha value is -0.920. The van der Waals surface area contributed by atoms with Gasteiger partial charge in [-0.25, -0.2) is 17.9 Å². The van der Waals surface area contributed by atoms with Gasteiger partial charge in [0.25, 0.3) is 0 Å². The molecule has 5 nitrogen and oxygen atoms in total. The molecule has 1 aromatic carbocycles. The molecule has 0 fully saturated rings. The molecule has 20 heavy (non-hydrogen) atoms. The first-order valence-corrected chi connectivity index (χ1v) is 8.49. The van der Waals surface area contributed by atoms with Gasteiger partial charge < -0.3 is 5.11 Å². The Balaban J connectivity index is 3.28. The molecular weight excluding hydrogens is 346 g/mol. The van der Waals surface area contributed by atoms with Crippen LogP contribution < -0.4 is 4.72 Å². The first-order valence-electron chi connectivity index (χ1n) is 6.22. The minimum atomic E-state index is -3.79. The number of carbonyl (C=O) groups is 1. The van der Waals surface area contributed by atoms with Crippen molar-refractivity contribution in [3.8, 4) is 0 Å². The van der Waals surface area contributed by atoms with Crippen LogP contribution in [0.3, 0.4) is 0 Å². The van der Waals surface area contributed by atoms with Crippen molar-refractivity contribution >= 4 is 31.9 Å². The molecule has 0 radical (unpaired) electrons. The largest absolute Gasteiger partial charge is 0.478 e. The van der Waals surface area contributed by atoms with Crippen molar-refractivity contribution in [2.45, 2.75) is 44.0 Å². The van der Waals surface area contributed by atoms with Crippen LogP contribution in [-0.4, -0.2) is 25.0 Å². The van der Waals surface area contributed by atoms with E-state index in [2.05, 4.69) is 20.7 Å². The number of carboxylic acids is 1. The molecule has 0 heterocycles. The van der Waals surface area contributed by atoms with Gasteiger partial charge in [-0.3, -0.25) is 0 Å². The normalized spacial score (nSPS) is 12.4. The third kappa shape index (κ3) is 3.80. The highest BCUT2D eigenvalue weighted by Crippen LogP contribution is 2.26. The highest BCUT2D eigenvalue weighted by Gasteiger charge is 2.29. The second kappa shape index (κ2) is 6.24. The van der Waals surface area contributed by atoms with Crippen molar-refractivity contribution in [2.24, 2.45) is 0 Å². The molecule has 0 spiro atoms. The van der Waals surface area contributed by atoms with E-state index in [4.69, 9.17) is 5.11 Å². The molecule has 0 aliphatic heterocycles. The fourth-order valence-corrected chi connectivity index (χ4v) is 4.16. The number of halogens is 1. The van der Waals surface area contributed by atoms with Crippen molar-refractivity contribution < 1.29 is 18.3 Å². The van der Waals surface area contributed by atoms with Gasteiger partial charge in [0.1, 0.15) is 0 Å². The van der Waals surface area contributed by atoms with Crippen molar-refractivity contribution in [2.75, 3.05) is 0 Å². The molecule has 0 aliphatic carbocycles. The van der Waals surface area contributed by atoms with Gasteiger partial charge in [0, 0.05) is 10.0 Å². The summed E-state index contributed by atoms with van der Waals surface area (Å²) in [6.45, 7) is 5.61. The second-order valence-corrected chi connectivity index (χ2v) is 7.33. The Kier molecular flexibility index (Phi) is 5.34. The molecular formula is C13H18BrNO4S. The number of carboxylic acid groups (broad SMARTS) is 1. The van der Waals surface area contributed by atoms with Crippen molar-refractivity contribution in [3.05, 3.63) is 28.2 Å². The smallest absolute Gasteiger partial charge is 0.335 e. The fraction of sp³-hybridized carbons (Fsp3) is 0.462. The highest BCUT2D eigenvalue weighted by atomic mass is 79.9. The lowest BCUT2D eigenvalue weighted by Gasteiger charge is -2.28. The molecule has 0 amide bonds. The van der Waals surface area contributed by atoms with Gasteiger partial charge in [-0.1, -0.05) is 13.8 Å². The zero-order valence-corrected chi connectivity index (χ0v) is 14.0. The molecule has 0 bridgehead atoms. The average molecular weight is 364 g/mol. The molecule has 0 atom stereocenters. The van der Waals surface area contributed by atoms with E-state index >= 15 is 0 Å². The lowest BCUT2D eigenvalue weighted by Crippen LogP contribution is -2.44. The van der Waals surface area contributed by atoms with Crippen molar-refractivity contribution in [1.29, 1.82) is 0 Å². The van der Waals surface area contributed by atoms with Crippen molar-refractivity contribution in [1.82, 2.24) is 4.72 Å². The maximum absolute atomic E-state index is 12.4. The van der Waals surface area contributed by atoms with Crippen LogP contribution in [0.25, 0.3) is 0 Å². The van der Waals surface area contributed by atoms with E-state index in [1.54, 1.807) is 0 Å². The number of sulfonamides is 1. The van der Waals surface area contributed by atoms with Gasteiger partial charge >= 0.3 is 5.97 Å². The quantitative estimate of drug-likeness (QED) is 0.813. The van der Waals surface area contributed by atoms with Crippen LogP contribution in [0.15, 0.2) is 27.6 Å². The third-order valence-electron chi connectivity index (χ3n) is 3.41. The summed E-state index contributed by atoms with van der Waals surface area (Å²) in [4.78, 5) is 10.9. The zero-order valence-electron chi connectivity index (χ0n) is 11.6. The number of nitrogens with one attached hydrogen (secondary N) is 1. The fourth-order valence-electron chi connectivity index (χ4n) is 1.62. The number of hydrogen-bond donors (Lipinski definition) is 2. The Labute approximate surface area is 127 Å². The van der Waals surface area contributed by atoms with Gasteiger partial charge in [0.2, 0.25) is 10.0 Å². The summed E-state index contributed by atoms with van der Waals surface area (Å²) >= 11 is 3.15. The number of rotatable bonds is 6. The molecule has 112 valence electrons. The van der Waals surface area contributed by atoms with Crippen LogP contribution >= 0.6 is 15.9 Å². The summed E-state index contributed by atoms with van der Waals surface area (Å²) in [6.07, 6.45) is 1.28. The minimum Gasteiger partial charge on any atom is -0.478 e. The number of aromatic carboxylic acids is 1. The average Bonchev–Trinajstić information content (AvgIpc) is 2.38. The Morgan fingerprint density at radius 3 is 2.35 bits per heavy atom. The second-order valence-electron chi connectivity index (χ2n) is 4.82. The van der Waals surface area contributed by atoms with Gasteiger partial charge in [0.15, 0.2) is 0 Å². The summed E-state index contributed by atoms with van der Waals surface area (Å²) in [5, 5.41) is 8.96. The minimum absolute atomic E-state index is 0.0643. The molecule has 0 saturated carbocycles. The topological polar surface area (TPSA) is 83.5 Å². The highest BCUT2D eigenvalue weighted by molar-refractivity contribution is 9.10. The van der Waals surface area contributed by atoms with Gasteiger partial charge in [0.05, 0.1) is 10.5 Å². The summed E-state index contributed by atoms with van der Waals surface area (Å²) < 4.78 is 27.8. The summed E-state index contributed by atoms with van der Waals surface area (Å²) in [5.41, 5.74) is -0.624. The molecule has 0 aromatic heterocycles. The molecule has 0 aliphatic rings. The third-order valence-corrected chi connectivity index (χ3v) is 6.04. The van der Waals surface area contributed by atoms with E-state index in [1.807, 2.05) is 20.8 Å². The lowest BCUT2D eigenvalue weighted by atomic mass is 9.98. The number of benzene rings is 1. The summed E-state index contributed by atoms with van der Waals surface area (Å²) in [6, 6.07) is 3.93. The van der Waals surface area contributed by atoms with Gasteiger partial charge in [-0.2, -0.15) is 0 Å². The van der Waals surface area contributed by atoms with Crippen LogP contribution in [0.1, 0.15) is 44.0 Å². The van der Waals surface area contributed by atoms with E-state index in [-0.39, 0.29) is 10.5 Å². The van der Waals surface area contributed by atoms with Crippen molar-refractivity contribution in [3.63, 3.8) is 0 Å². The number of hydrogen-bond acceptors (Lipinski definition) is 3. The van der Waals surface area contributed by atoms with Crippen LogP contribution in [0.2, 0.25) is 0 Å². The monoisotopic (exact) mass is 363 g/mol. The molecule has 2 N–H and O–H groups in total. The predicted molar refractivity (Wildman–Crippen MR) is 80.4 cm³/mol. The van der Waals surface area contributed by atoms with E-state index in [0.29, 0.717) is 17.3 Å². The van der Waals surface area contributed by atoms with Crippen LogP contribution in [-0.2, 0) is 10.0 Å². The van der Waals surface area contributed by atoms with E-state index < -0.39 is 21.5 Å². The van der Waals surface area contributed by atoms with Crippen LogP contribution in [0.4, 0.5) is 0 Å². The Morgan fingerprint density at radius 2 is 1.90 bits per heavy atom. The maximum atomic E-state index is 12.4. The first kappa shape index (κ1) is 17.1. The molecule has 7 heteroatoms. The molecule has 1 aromatic rings. The van der Waals surface area contributed by atoms with E-state index in [0.717, 1.165) is 6.07 Å². The van der Waals surface area contributed by atoms with Gasteiger partial charge in [-0.05, 0) is 53.9 Å². The van der Waals surface area contributed by atoms with Gasteiger partial charge in [-0.15, -0.1) is 0 Å². The standard InChI is InChI=1S/C13H18BrNO4S/c1-4-13(3,5-2)15-20(18,19)11-8-9(12(16)17)6-7-10(11)14/h6-8,15H,4-5H2,1-3H3,(H,16,17). The lowest BCUT2D eigenvalue weighted by molar-refractivity contribution is 0.0696. The zero-order chi connectivity index (χ0) is 15.6. The summed E-state index contributed by atoms with van der Waals surface area (Å²) in [7, 11) is -3.79. The first-order chi connectivity index (χ1) is 9.15. The maximum Gasteiger partial charge on any atom is 0.335 e. The van der Waals surface area contributed by atoms with Crippen LogP contribution in [0, 0.1) is 0 Å². The SMILES string of the molecule is CCC(C)(CC)NS(=O)(=O)c1cc(C(=O)O)ccc1Br. The summed E-state index contributed by atoms with van der Waals surface area (Å²) in [5.74, 6) is -1.16. The van der Waals surface area contributed by atoms with E-state index in [1.165, 1.54) is 12.1 Å². The predicted octanol–water partition coefficient (Wildman–Crippen LogP) is 3.00. The molecule has 0 unspecified atom stereocenters. The Bertz CT molecular complexity index is 609. The Morgan fingerprint density at radius 1 is 1.35 bits per heavy atom.